The Kier molecular flexibility index (Phi) is 3.76. The molecular formula is C22H18Ge. The fourth-order valence-corrected chi connectivity index (χ4v) is 12.6. The molecule has 23 heavy (non-hydrogen) atoms. The van der Waals surface area contributed by atoms with Crippen molar-refractivity contribution in [2.24, 2.45) is 0 Å². The molecule has 0 aromatic heterocycles. The van der Waals surface area contributed by atoms with Crippen LogP contribution in [0.15, 0.2) is 108 Å². The van der Waals surface area contributed by atoms with E-state index in [0.717, 1.165) is 0 Å². The van der Waals surface area contributed by atoms with E-state index in [4.69, 9.17) is 0 Å². The Bertz CT molecular complexity index is 807. The zero-order valence-corrected chi connectivity index (χ0v) is 15.0. The summed E-state index contributed by atoms with van der Waals surface area (Å²) in [5.41, 5.74) is 1.35. The van der Waals surface area contributed by atoms with Crippen LogP contribution in [0.1, 0.15) is 5.56 Å². The Morgan fingerprint density at radius 3 is 1.52 bits per heavy atom. The Labute approximate surface area is 140 Å². The number of hydrogen-bond acceptors (Lipinski definition) is 0. The maximum atomic E-state index is 2.51. The summed E-state index contributed by atoms with van der Waals surface area (Å²) in [4.78, 5) is 2.51. The van der Waals surface area contributed by atoms with Crippen molar-refractivity contribution in [3.05, 3.63) is 114 Å². The van der Waals surface area contributed by atoms with Gasteiger partial charge >= 0.3 is 140 Å². The van der Waals surface area contributed by atoms with E-state index in [0.29, 0.717) is 0 Å². The van der Waals surface area contributed by atoms with Gasteiger partial charge in [0.1, 0.15) is 0 Å². The summed E-state index contributed by atoms with van der Waals surface area (Å²) in [6.07, 6.45) is 4.59. The molecule has 0 bridgehead atoms. The van der Waals surface area contributed by atoms with Crippen LogP contribution in [0.2, 0.25) is 0 Å². The van der Waals surface area contributed by atoms with Crippen molar-refractivity contribution >= 4 is 26.5 Å². The Morgan fingerprint density at radius 2 is 1.00 bits per heavy atom. The van der Waals surface area contributed by atoms with E-state index in [9.17, 15) is 0 Å². The first-order chi connectivity index (χ1) is 11.4. The molecule has 1 heterocycles. The predicted octanol–water partition coefficient (Wildman–Crippen LogP) is 3.98. The van der Waals surface area contributed by atoms with Crippen LogP contribution in [0, 0.1) is 0 Å². The van der Waals surface area contributed by atoms with Crippen LogP contribution in [-0.2, 0) is 0 Å². The van der Waals surface area contributed by atoms with E-state index >= 15 is 0 Å². The van der Waals surface area contributed by atoms with Gasteiger partial charge in [0.25, 0.3) is 0 Å². The molecule has 4 rings (SSSR count). The van der Waals surface area contributed by atoms with Crippen LogP contribution < -0.4 is 8.79 Å². The quantitative estimate of drug-likeness (QED) is 0.624. The number of benzene rings is 3. The van der Waals surface area contributed by atoms with Crippen molar-refractivity contribution in [2.45, 2.75) is 0 Å². The standard InChI is InChI=1S/C22H18Ge/c1-4-11-19(12-5-1)22-17-10-18-23(22,20-13-6-2-7-14-20)21-15-8-3-9-16-21/h1-18H. The fraction of sp³-hybridized carbons (Fsp3) is 0. The molecule has 3 aromatic carbocycles. The van der Waals surface area contributed by atoms with E-state index in [-0.39, 0.29) is 0 Å². The van der Waals surface area contributed by atoms with Gasteiger partial charge in [0, 0.05) is 0 Å². The molecular weight excluding hydrogens is 337 g/mol. The summed E-state index contributed by atoms with van der Waals surface area (Å²) in [7, 11) is 0. The molecule has 0 N–H and O–H groups in total. The Balaban J connectivity index is 1.98. The first-order valence-electron chi connectivity index (χ1n) is 7.98. The van der Waals surface area contributed by atoms with Gasteiger partial charge in [0.2, 0.25) is 0 Å². The summed E-state index contributed by atoms with van der Waals surface area (Å²) < 4.78 is 4.49. The molecule has 0 nitrogen and oxygen atoms in total. The summed E-state index contributed by atoms with van der Waals surface area (Å²) in [5.74, 6) is 0. The predicted molar refractivity (Wildman–Crippen MR) is 101 cm³/mol. The van der Waals surface area contributed by atoms with Gasteiger partial charge in [-0.2, -0.15) is 0 Å². The maximum absolute atomic E-state index is 2.72. The van der Waals surface area contributed by atoms with Gasteiger partial charge in [0.05, 0.1) is 0 Å². The van der Waals surface area contributed by atoms with Crippen molar-refractivity contribution in [3.63, 3.8) is 0 Å². The molecule has 0 saturated carbocycles. The topological polar surface area (TPSA) is 0 Å². The minimum atomic E-state index is -2.72. The summed E-state index contributed by atoms with van der Waals surface area (Å²) >= 11 is -2.72. The van der Waals surface area contributed by atoms with E-state index in [1.807, 2.05) is 0 Å². The van der Waals surface area contributed by atoms with Gasteiger partial charge in [-0.1, -0.05) is 0 Å². The van der Waals surface area contributed by atoms with Crippen LogP contribution in [0.25, 0.3) is 4.41 Å². The van der Waals surface area contributed by atoms with Crippen molar-refractivity contribution in [3.8, 4) is 0 Å². The van der Waals surface area contributed by atoms with Crippen LogP contribution >= 0.6 is 0 Å². The molecule has 0 aliphatic carbocycles. The van der Waals surface area contributed by atoms with Crippen molar-refractivity contribution in [2.75, 3.05) is 0 Å². The van der Waals surface area contributed by atoms with Crippen LogP contribution in [0.3, 0.4) is 0 Å². The molecule has 0 spiro atoms. The summed E-state index contributed by atoms with van der Waals surface area (Å²) in [5, 5.41) is 0. The molecule has 0 fully saturated rings. The first kappa shape index (κ1) is 14.3. The Hall–Kier alpha value is -2.32. The SMILES string of the molecule is C1=[CH][Ge]([c]2ccccc2)([c]2ccccc2)[C](c2ccccc2)=C1. The van der Waals surface area contributed by atoms with Gasteiger partial charge in [-0.25, -0.2) is 0 Å². The fourth-order valence-electron chi connectivity index (χ4n) is 3.52. The monoisotopic (exact) mass is 356 g/mol. The molecule has 0 unspecified atom stereocenters. The van der Waals surface area contributed by atoms with Gasteiger partial charge in [-0.3, -0.25) is 0 Å². The van der Waals surface area contributed by atoms with Gasteiger partial charge < -0.3 is 0 Å². The van der Waals surface area contributed by atoms with Crippen molar-refractivity contribution in [1.82, 2.24) is 0 Å². The second-order valence-corrected chi connectivity index (χ2v) is 13.5. The van der Waals surface area contributed by atoms with Crippen molar-refractivity contribution in [1.29, 1.82) is 0 Å². The van der Waals surface area contributed by atoms with E-state index in [1.54, 1.807) is 0 Å². The third-order valence-corrected chi connectivity index (χ3v) is 14.0. The summed E-state index contributed by atoms with van der Waals surface area (Å²) in [6.45, 7) is 0. The molecule has 0 atom stereocenters. The van der Waals surface area contributed by atoms with E-state index in [2.05, 4.69) is 108 Å². The van der Waals surface area contributed by atoms with E-state index in [1.165, 1.54) is 18.8 Å². The van der Waals surface area contributed by atoms with Crippen LogP contribution in [-0.4, -0.2) is 13.3 Å². The molecule has 1 aliphatic heterocycles. The molecule has 0 amide bonds. The third-order valence-electron chi connectivity index (χ3n) is 4.58. The summed E-state index contributed by atoms with van der Waals surface area (Å²) in [6, 6.07) is 32.9. The molecule has 3 aromatic rings. The average molecular weight is 355 g/mol. The van der Waals surface area contributed by atoms with E-state index < -0.39 is 13.3 Å². The number of allylic oxidation sites excluding steroid dienone is 2. The zero-order valence-electron chi connectivity index (χ0n) is 12.9. The molecule has 1 aliphatic rings. The molecule has 0 radical (unpaired) electrons. The molecule has 0 saturated heterocycles. The normalized spacial score (nSPS) is 15.4. The first-order valence-corrected chi connectivity index (χ1v) is 12.3. The zero-order chi connectivity index (χ0) is 15.5. The van der Waals surface area contributed by atoms with Gasteiger partial charge in [-0.05, 0) is 0 Å². The second-order valence-electron chi connectivity index (χ2n) is 5.85. The number of hydrogen-bond donors (Lipinski definition) is 0. The van der Waals surface area contributed by atoms with Gasteiger partial charge in [0.15, 0.2) is 0 Å². The third kappa shape index (κ3) is 2.40. The molecule has 1 heteroatoms. The van der Waals surface area contributed by atoms with Crippen LogP contribution in [0.5, 0.6) is 0 Å². The molecule has 110 valence electrons. The van der Waals surface area contributed by atoms with Gasteiger partial charge in [-0.15, -0.1) is 0 Å². The Morgan fingerprint density at radius 1 is 0.522 bits per heavy atom. The number of rotatable bonds is 3. The van der Waals surface area contributed by atoms with Crippen LogP contribution in [0.4, 0.5) is 0 Å². The van der Waals surface area contributed by atoms with Crippen molar-refractivity contribution < 1.29 is 0 Å². The average Bonchev–Trinajstić information content (AvgIpc) is 3.10. The minimum absolute atomic E-state index is 1.35. The second kappa shape index (κ2) is 6.06.